The predicted molar refractivity (Wildman–Crippen MR) is 92.6 cm³/mol. The second kappa shape index (κ2) is 6.22. The van der Waals surface area contributed by atoms with Crippen molar-refractivity contribution in [2.24, 2.45) is 5.10 Å². The number of hydrogen-bond donors (Lipinski definition) is 2. The van der Waals surface area contributed by atoms with Gasteiger partial charge < -0.3 is 14.3 Å². The summed E-state index contributed by atoms with van der Waals surface area (Å²) in [5.41, 5.74) is 4.98. The molecule has 0 aliphatic carbocycles. The Morgan fingerprint density at radius 2 is 2.18 bits per heavy atom. The minimum Gasteiger partial charge on any atom is -0.504 e. The van der Waals surface area contributed by atoms with Crippen LogP contribution in [-0.4, -0.2) is 23.4 Å². The number of aromatic nitrogens is 1. The molecule has 0 atom stereocenters. The number of phenols is 1. The molecule has 2 aromatic carbocycles. The number of benzene rings is 2. The third-order valence-electron chi connectivity index (χ3n) is 2.94. The largest absolute Gasteiger partial charge is 0.504 e. The number of oxazole rings is 1. The van der Waals surface area contributed by atoms with Gasteiger partial charge in [0.25, 0.3) is 0 Å². The maximum Gasteiger partial charge on any atom is 0.316 e. The van der Waals surface area contributed by atoms with E-state index in [1.165, 1.54) is 7.11 Å². The molecule has 0 aliphatic rings. The van der Waals surface area contributed by atoms with E-state index < -0.39 is 0 Å². The Labute approximate surface area is 139 Å². The van der Waals surface area contributed by atoms with Crippen LogP contribution in [0.3, 0.4) is 0 Å². The number of para-hydroxylation sites is 2. The minimum atomic E-state index is 0.118. The number of nitrogens with one attached hydrogen (secondary N) is 1. The summed E-state index contributed by atoms with van der Waals surface area (Å²) in [6.45, 7) is 0. The summed E-state index contributed by atoms with van der Waals surface area (Å²) in [5.74, 6) is 0.516. The molecule has 2 N–H and O–H groups in total. The molecular weight excluding hydrogens is 397 g/mol. The Kier molecular flexibility index (Phi) is 4.14. The first-order valence-corrected chi connectivity index (χ1v) is 7.46. The molecule has 112 valence electrons. The van der Waals surface area contributed by atoms with Crippen LogP contribution in [0, 0.1) is 3.57 Å². The smallest absolute Gasteiger partial charge is 0.316 e. The molecule has 0 radical (unpaired) electrons. The Morgan fingerprint density at radius 1 is 1.36 bits per heavy atom. The normalized spacial score (nSPS) is 11.2. The van der Waals surface area contributed by atoms with E-state index >= 15 is 0 Å². The third kappa shape index (κ3) is 2.98. The van der Waals surface area contributed by atoms with Crippen molar-refractivity contribution in [2.45, 2.75) is 0 Å². The van der Waals surface area contributed by atoms with Gasteiger partial charge in [-0.15, -0.1) is 0 Å². The fraction of sp³-hybridized carbons (Fsp3) is 0.0667. The fourth-order valence-electron chi connectivity index (χ4n) is 1.91. The number of nitrogens with zero attached hydrogens (tertiary/aromatic N) is 2. The zero-order valence-corrected chi connectivity index (χ0v) is 13.7. The van der Waals surface area contributed by atoms with Crippen molar-refractivity contribution >= 4 is 45.9 Å². The number of rotatable bonds is 4. The average molecular weight is 409 g/mol. The topological polar surface area (TPSA) is 79.9 Å². The van der Waals surface area contributed by atoms with Gasteiger partial charge in [-0.1, -0.05) is 12.1 Å². The number of anilines is 1. The van der Waals surface area contributed by atoms with E-state index in [9.17, 15) is 5.11 Å². The molecule has 0 spiro atoms. The van der Waals surface area contributed by atoms with Gasteiger partial charge in [0.1, 0.15) is 5.52 Å². The summed E-state index contributed by atoms with van der Waals surface area (Å²) in [7, 11) is 1.50. The highest BCUT2D eigenvalue weighted by Gasteiger charge is 2.07. The molecule has 3 rings (SSSR count). The summed E-state index contributed by atoms with van der Waals surface area (Å²) in [5, 5.41) is 13.9. The average Bonchev–Trinajstić information content (AvgIpc) is 2.93. The van der Waals surface area contributed by atoms with Crippen molar-refractivity contribution in [2.75, 3.05) is 12.5 Å². The fourth-order valence-corrected chi connectivity index (χ4v) is 2.53. The molecule has 0 fully saturated rings. The van der Waals surface area contributed by atoms with Crippen LogP contribution in [0.15, 0.2) is 45.9 Å². The number of ether oxygens (including phenoxy) is 1. The van der Waals surface area contributed by atoms with E-state index in [1.54, 1.807) is 18.3 Å². The molecule has 0 unspecified atom stereocenters. The quantitative estimate of drug-likeness (QED) is 0.391. The van der Waals surface area contributed by atoms with Gasteiger partial charge in [0, 0.05) is 0 Å². The number of hydrogen-bond acceptors (Lipinski definition) is 6. The monoisotopic (exact) mass is 409 g/mol. The van der Waals surface area contributed by atoms with Crippen molar-refractivity contribution < 1.29 is 14.3 Å². The van der Waals surface area contributed by atoms with E-state index in [2.05, 4.69) is 15.5 Å². The van der Waals surface area contributed by atoms with Gasteiger partial charge in [0.2, 0.25) is 0 Å². The van der Waals surface area contributed by atoms with Crippen LogP contribution in [0.1, 0.15) is 5.56 Å². The van der Waals surface area contributed by atoms with Crippen LogP contribution >= 0.6 is 22.6 Å². The van der Waals surface area contributed by atoms with E-state index in [1.807, 2.05) is 46.9 Å². The van der Waals surface area contributed by atoms with Gasteiger partial charge in [-0.25, -0.2) is 5.43 Å². The van der Waals surface area contributed by atoms with Crippen LogP contribution in [0.5, 0.6) is 11.5 Å². The molecule has 1 heterocycles. The van der Waals surface area contributed by atoms with E-state index in [0.29, 0.717) is 20.9 Å². The van der Waals surface area contributed by atoms with Gasteiger partial charge in [-0.05, 0) is 52.4 Å². The highest BCUT2D eigenvalue weighted by molar-refractivity contribution is 14.1. The van der Waals surface area contributed by atoms with Crippen LogP contribution in [0.2, 0.25) is 0 Å². The third-order valence-corrected chi connectivity index (χ3v) is 3.76. The minimum absolute atomic E-state index is 0.118. The highest BCUT2D eigenvalue weighted by Crippen LogP contribution is 2.31. The van der Waals surface area contributed by atoms with Gasteiger partial charge in [0.05, 0.1) is 16.9 Å². The van der Waals surface area contributed by atoms with E-state index in [0.717, 1.165) is 11.1 Å². The Hall–Kier alpha value is -2.29. The lowest BCUT2D eigenvalue weighted by Gasteiger charge is -2.06. The van der Waals surface area contributed by atoms with Crippen LogP contribution in [0.25, 0.3) is 11.1 Å². The molecule has 0 aliphatic heterocycles. The molecular formula is C15H12IN3O3. The van der Waals surface area contributed by atoms with Crippen molar-refractivity contribution in [3.05, 3.63) is 45.5 Å². The van der Waals surface area contributed by atoms with E-state index in [-0.39, 0.29) is 5.75 Å². The summed E-state index contributed by atoms with van der Waals surface area (Å²) >= 11 is 2.03. The zero-order valence-electron chi connectivity index (χ0n) is 11.6. The SMILES string of the molecule is COc1cc(/C=N\Nc2nc3ccccc3o2)cc(I)c1O. The molecule has 0 amide bonds. The van der Waals surface area contributed by atoms with Gasteiger partial charge in [-0.2, -0.15) is 10.1 Å². The molecule has 6 nitrogen and oxygen atoms in total. The summed E-state index contributed by atoms with van der Waals surface area (Å²) < 4.78 is 11.3. The highest BCUT2D eigenvalue weighted by atomic mass is 127. The Balaban J connectivity index is 1.78. The van der Waals surface area contributed by atoms with Crippen molar-refractivity contribution in [1.82, 2.24) is 4.98 Å². The molecule has 0 saturated carbocycles. The standard InChI is InChI=1S/C15H12IN3O3/c1-21-13-7-9(6-10(16)14(13)20)8-17-19-15-18-11-4-2-3-5-12(11)22-15/h2-8,20H,1H3,(H,18,19)/b17-8-. The molecule has 1 aromatic heterocycles. The van der Waals surface area contributed by atoms with Crippen molar-refractivity contribution in [3.63, 3.8) is 0 Å². The second-order valence-electron chi connectivity index (χ2n) is 4.41. The lowest BCUT2D eigenvalue weighted by atomic mass is 10.2. The Bertz CT molecular complexity index is 812. The number of aromatic hydroxyl groups is 1. The summed E-state index contributed by atoms with van der Waals surface area (Å²) in [4.78, 5) is 4.25. The van der Waals surface area contributed by atoms with Crippen LogP contribution in [0.4, 0.5) is 6.01 Å². The number of halogens is 1. The van der Waals surface area contributed by atoms with Crippen LogP contribution in [-0.2, 0) is 0 Å². The lowest BCUT2D eigenvalue weighted by Crippen LogP contribution is -1.93. The maximum absolute atomic E-state index is 9.79. The van der Waals surface area contributed by atoms with Gasteiger partial charge in [0.15, 0.2) is 17.1 Å². The van der Waals surface area contributed by atoms with Gasteiger partial charge >= 0.3 is 6.01 Å². The molecule has 7 heteroatoms. The zero-order chi connectivity index (χ0) is 15.5. The predicted octanol–water partition coefficient (Wildman–Crippen LogP) is 3.59. The number of phenolic OH excluding ortho intramolecular Hbond substituents is 1. The molecule has 22 heavy (non-hydrogen) atoms. The first kappa shape index (κ1) is 14.6. The lowest BCUT2D eigenvalue weighted by molar-refractivity contribution is 0.371. The Morgan fingerprint density at radius 3 is 2.95 bits per heavy atom. The molecule has 0 saturated heterocycles. The number of methoxy groups -OCH3 is 1. The maximum atomic E-state index is 9.79. The first-order chi connectivity index (χ1) is 10.7. The summed E-state index contributed by atoms with van der Waals surface area (Å²) in [6.07, 6.45) is 1.60. The van der Waals surface area contributed by atoms with Crippen molar-refractivity contribution in [1.29, 1.82) is 0 Å². The molecule has 0 bridgehead atoms. The second-order valence-corrected chi connectivity index (χ2v) is 5.57. The molecule has 3 aromatic rings. The van der Waals surface area contributed by atoms with Crippen molar-refractivity contribution in [3.8, 4) is 11.5 Å². The number of hydrazone groups is 1. The van der Waals surface area contributed by atoms with Crippen LogP contribution < -0.4 is 10.2 Å². The van der Waals surface area contributed by atoms with Gasteiger partial charge in [-0.3, -0.25) is 0 Å². The van der Waals surface area contributed by atoms with E-state index in [4.69, 9.17) is 9.15 Å². The first-order valence-electron chi connectivity index (χ1n) is 6.38. The summed E-state index contributed by atoms with van der Waals surface area (Å²) in [6, 6.07) is 11.3. The number of fused-ring (bicyclic) bond motifs is 1.